The Morgan fingerprint density at radius 1 is 1.23 bits per heavy atom. The second kappa shape index (κ2) is 8.52. The smallest absolute Gasteiger partial charge is 0.0544 e. The molecule has 0 amide bonds. The summed E-state index contributed by atoms with van der Waals surface area (Å²) in [4.78, 5) is 0. The summed E-state index contributed by atoms with van der Waals surface area (Å²) in [7, 11) is 2.01. The molecule has 0 aliphatic rings. The molecule has 13 heavy (non-hydrogen) atoms. The average molecular weight is 187 g/mol. The van der Waals surface area contributed by atoms with Crippen LogP contribution in [0.5, 0.6) is 0 Å². The van der Waals surface area contributed by atoms with Crippen LogP contribution in [-0.4, -0.2) is 25.8 Å². The average Bonchev–Trinajstić information content (AvgIpc) is 2.16. The van der Waals surface area contributed by atoms with Crippen molar-refractivity contribution in [2.24, 2.45) is 0 Å². The molecular formula is C11H25NO. The van der Waals surface area contributed by atoms with Crippen molar-refractivity contribution in [1.29, 1.82) is 0 Å². The second-order valence-corrected chi connectivity index (χ2v) is 3.78. The third kappa shape index (κ3) is 8.26. The maximum atomic E-state index is 5.59. The standard InChI is InChI=1S/C11H25NO/c1-5-11(3)13-9-7-6-8-10(2)12-4/h10-12H,5-9H2,1-4H3. The summed E-state index contributed by atoms with van der Waals surface area (Å²) >= 11 is 0. The van der Waals surface area contributed by atoms with Crippen LogP contribution in [0.1, 0.15) is 46.5 Å². The molecule has 1 N–H and O–H groups in total. The molecule has 0 fully saturated rings. The van der Waals surface area contributed by atoms with Crippen molar-refractivity contribution < 1.29 is 4.74 Å². The lowest BCUT2D eigenvalue weighted by atomic mass is 10.1. The van der Waals surface area contributed by atoms with Gasteiger partial charge in [-0.05, 0) is 46.6 Å². The van der Waals surface area contributed by atoms with Crippen molar-refractivity contribution >= 4 is 0 Å². The molecule has 0 aliphatic carbocycles. The molecule has 0 saturated heterocycles. The summed E-state index contributed by atoms with van der Waals surface area (Å²) in [6.07, 6.45) is 5.25. The predicted molar refractivity (Wildman–Crippen MR) is 58.1 cm³/mol. The molecular weight excluding hydrogens is 162 g/mol. The van der Waals surface area contributed by atoms with Gasteiger partial charge in [0.05, 0.1) is 6.10 Å². The van der Waals surface area contributed by atoms with Crippen LogP contribution in [0.3, 0.4) is 0 Å². The fourth-order valence-corrected chi connectivity index (χ4v) is 1.10. The number of unbranched alkanes of at least 4 members (excludes halogenated alkanes) is 1. The Bertz CT molecular complexity index is 94.3. The van der Waals surface area contributed by atoms with Gasteiger partial charge in [0.2, 0.25) is 0 Å². The minimum Gasteiger partial charge on any atom is -0.379 e. The van der Waals surface area contributed by atoms with Gasteiger partial charge in [0.15, 0.2) is 0 Å². The molecule has 2 atom stereocenters. The normalized spacial score (nSPS) is 15.7. The summed E-state index contributed by atoms with van der Waals surface area (Å²) in [6.45, 7) is 7.44. The van der Waals surface area contributed by atoms with Gasteiger partial charge in [0.25, 0.3) is 0 Å². The molecule has 0 radical (unpaired) electrons. The van der Waals surface area contributed by atoms with Crippen LogP contribution >= 0.6 is 0 Å². The number of ether oxygens (including phenoxy) is 1. The highest BCUT2D eigenvalue weighted by Gasteiger charge is 1.99. The van der Waals surface area contributed by atoms with Crippen LogP contribution in [0, 0.1) is 0 Å². The summed E-state index contributed by atoms with van der Waals surface area (Å²) < 4.78 is 5.59. The van der Waals surface area contributed by atoms with Crippen molar-refractivity contribution in [3.8, 4) is 0 Å². The second-order valence-electron chi connectivity index (χ2n) is 3.78. The van der Waals surface area contributed by atoms with Crippen LogP contribution in [0.2, 0.25) is 0 Å². The van der Waals surface area contributed by atoms with Gasteiger partial charge in [-0.3, -0.25) is 0 Å². The molecule has 0 aromatic carbocycles. The first-order valence-electron chi connectivity index (χ1n) is 5.49. The van der Waals surface area contributed by atoms with Gasteiger partial charge in [0.1, 0.15) is 0 Å². The van der Waals surface area contributed by atoms with Crippen LogP contribution in [-0.2, 0) is 4.74 Å². The van der Waals surface area contributed by atoms with Crippen LogP contribution in [0.25, 0.3) is 0 Å². The Labute approximate surface area is 83.1 Å². The highest BCUT2D eigenvalue weighted by molar-refractivity contribution is 4.56. The SMILES string of the molecule is CCC(C)OCCCCC(C)NC. The zero-order valence-electron chi connectivity index (χ0n) is 9.60. The lowest BCUT2D eigenvalue weighted by Crippen LogP contribution is -2.20. The number of hydrogen-bond donors (Lipinski definition) is 1. The van der Waals surface area contributed by atoms with E-state index in [9.17, 15) is 0 Å². The Morgan fingerprint density at radius 2 is 1.92 bits per heavy atom. The minimum atomic E-state index is 0.432. The van der Waals surface area contributed by atoms with E-state index in [4.69, 9.17) is 4.74 Å². The van der Waals surface area contributed by atoms with Gasteiger partial charge in [-0.15, -0.1) is 0 Å². The zero-order valence-corrected chi connectivity index (χ0v) is 9.60. The van der Waals surface area contributed by atoms with Crippen molar-refractivity contribution in [1.82, 2.24) is 5.32 Å². The first-order valence-corrected chi connectivity index (χ1v) is 5.49. The molecule has 2 unspecified atom stereocenters. The van der Waals surface area contributed by atoms with E-state index < -0.39 is 0 Å². The van der Waals surface area contributed by atoms with E-state index in [2.05, 4.69) is 26.1 Å². The first-order chi connectivity index (χ1) is 6.20. The van der Waals surface area contributed by atoms with Crippen molar-refractivity contribution in [3.05, 3.63) is 0 Å². The quantitative estimate of drug-likeness (QED) is 0.590. The molecule has 0 spiro atoms. The largest absolute Gasteiger partial charge is 0.379 e. The fourth-order valence-electron chi connectivity index (χ4n) is 1.10. The molecule has 2 heteroatoms. The molecule has 0 aliphatic heterocycles. The van der Waals surface area contributed by atoms with Crippen LogP contribution < -0.4 is 5.32 Å². The van der Waals surface area contributed by atoms with Gasteiger partial charge in [0, 0.05) is 12.6 Å². The van der Waals surface area contributed by atoms with Gasteiger partial charge >= 0.3 is 0 Å². The summed E-state index contributed by atoms with van der Waals surface area (Å²) in [5.74, 6) is 0. The van der Waals surface area contributed by atoms with E-state index in [1.165, 1.54) is 19.3 Å². The Balaban J connectivity index is 3.08. The zero-order chi connectivity index (χ0) is 10.1. The Morgan fingerprint density at radius 3 is 2.46 bits per heavy atom. The van der Waals surface area contributed by atoms with Gasteiger partial charge < -0.3 is 10.1 Å². The number of rotatable bonds is 8. The topological polar surface area (TPSA) is 21.3 Å². The molecule has 0 aromatic rings. The van der Waals surface area contributed by atoms with E-state index in [1.807, 2.05) is 7.05 Å². The van der Waals surface area contributed by atoms with E-state index in [0.29, 0.717) is 12.1 Å². The van der Waals surface area contributed by atoms with E-state index in [0.717, 1.165) is 13.0 Å². The number of nitrogens with one attached hydrogen (secondary N) is 1. The van der Waals surface area contributed by atoms with E-state index in [1.54, 1.807) is 0 Å². The van der Waals surface area contributed by atoms with E-state index in [-0.39, 0.29) is 0 Å². The monoisotopic (exact) mass is 187 g/mol. The predicted octanol–water partition coefficient (Wildman–Crippen LogP) is 2.58. The third-order valence-electron chi connectivity index (χ3n) is 2.50. The van der Waals surface area contributed by atoms with Gasteiger partial charge in [-0.2, -0.15) is 0 Å². The maximum Gasteiger partial charge on any atom is 0.0544 e. The molecule has 0 saturated carbocycles. The van der Waals surface area contributed by atoms with Gasteiger partial charge in [-0.1, -0.05) is 6.92 Å². The summed E-state index contributed by atoms with van der Waals surface area (Å²) in [6, 6.07) is 0.642. The Kier molecular flexibility index (Phi) is 8.46. The number of hydrogen-bond acceptors (Lipinski definition) is 2. The third-order valence-corrected chi connectivity index (χ3v) is 2.50. The molecule has 0 rings (SSSR count). The molecule has 0 bridgehead atoms. The van der Waals surface area contributed by atoms with Crippen molar-refractivity contribution in [3.63, 3.8) is 0 Å². The molecule has 0 aromatic heterocycles. The van der Waals surface area contributed by atoms with Gasteiger partial charge in [-0.25, -0.2) is 0 Å². The summed E-state index contributed by atoms with van der Waals surface area (Å²) in [5.41, 5.74) is 0. The van der Waals surface area contributed by atoms with Crippen LogP contribution in [0.4, 0.5) is 0 Å². The van der Waals surface area contributed by atoms with Crippen molar-refractivity contribution in [2.75, 3.05) is 13.7 Å². The maximum absolute atomic E-state index is 5.59. The molecule has 80 valence electrons. The lowest BCUT2D eigenvalue weighted by molar-refractivity contribution is 0.0606. The Hall–Kier alpha value is -0.0800. The fraction of sp³-hybridized carbons (Fsp3) is 1.00. The first kappa shape index (κ1) is 12.9. The van der Waals surface area contributed by atoms with Crippen molar-refractivity contribution in [2.45, 2.75) is 58.6 Å². The van der Waals surface area contributed by atoms with Crippen LogP contribution in [0.15, 0.2) is 0 Å². The molecule has 0 heterocycles. The highest BCUT2D eigenvalue weighted by Crippen LogP contribution is 2.02. The molecule has 2 nitrogen and oxygen atoms in total. The van der Waals surface area contributed by atoms with E-state index >= 15 is 0 Å². The lowest BCUT2D eigenvalue weighted by Gasteiger charge is -2.12. The summed E-state index contributed by atoms with van der Waals surface area (Å²) in [5, 5.41) is 3.23. The minimum absolute atomic E-state index is 0.432. The highest BCUT2D eigenvalue weighted by atomic mass is 16.5.